The van der Waals surface area contributed by atoms with Crippen LogP contribution in [0.5, 0.6) is 0 Å². The van der Waals surface area contributed by atoms with E-state index in [2.05, 4.69) is 49.2 Å². The fraction of sp³-hybridized carbons (Fsp3) is 0.385. The van der Waals surface area contributed by atoms with E-state index in [0.29, 0.717) is 6.04 Å². The first-order valence-corrected chi connectivity index (χ1v) is 5.23. The quantitative estimate of drug-likeness (QED) is 0.536. The molecule has 0 heterocycles. The predicted octanol–water partition coefficient (Wildman–Crippen LogP) is 2.78. The Hall–Kier alpha value is -1.08. The van der Waals surface area contributed by atoms with Gasteiger partial charge < -0.3 is 5.32 Å². The molecule has 1 heteroatoms. The second kappa shape index (κ2) is 6.39. The van der Waals surface area contributed by atoms with Crippen molar-refractivity contribution in [3.05, 3.63) is 48.6 Å². The Bertz CT molecular complexity index is 253. The van der Waals surface area contributed by atoms with E-state index in [-0.39, 0.29) is 0 Å². The molecule has 76 valence electrons. The van der Waals surface area contributed by atoms with E-state index in [9.17, 15) is 0 Å². The van der Waals surface area contributed by atoms with Gasteiger partial charge >= 0.3 is 0 Å². The lowest BCUT2D eigenvalue weighted by Crippen LogP contribution is -2.24. The highest BCUT2D eigenvalue weighted by molar-refractivity contribution is 5.14. The molecule has 0 saturated heterocycles. The minimum atomic E-state index is 0.422. The Kier molecular flexibility index (Phi) is 5.02. The summed E-state index contributed by atoms with van der Waals surface area (Å²) in [6.45, 7) is 6.91. The van der Waals surface area contributed by atoms with Gasteiger partial charge in [0, 0.05) is 6.04 Å². The summed E-state index contributed by atoms with van der Waals surface area (Å²) in [4.78, 5) is 0. The minimum Gasteiger partial charge on any atom is -0.311 e. The van der Waals surface area contributed by atoms with Gasteiger partial charge in [-0.15, -0.1) is 6.58 Å². The third-order valence-corrected chi connectivity index (χ3v) is 2.30. The van der Waals surface area contributed by atoms with E-state index in [4.69, 9.17) is 0 Å². The molecule has 1 atom stereocenters. The SMILES string of the molecule is C=CC(C)NCCCc1ccccc1. The zero-order valence-electron chi connectivity index (χ0n) is 8.87. The molecule has 1 N–H and O–H groups in total. The lowest BCUT2D eigenvalue weighted by Gasteiger charge is -2.08. The molecular weight excluding hydrogens is 170 g/mol. The Morgan fingerprint density at radius 3 is 2.71 bits per heavy atom. The summed E-state index contributed by atoms with van der Waals surface area (Å²) in [5.41, 5.74) is 1.42. The van der Waals surface area contributed by atoms with E-state index >= 15 is 0 Å². The minimum absolute atomic E-state index is 0.422. The van der Waals surface area contributed by atoms with E-state index in [1.54, 1.807) is 0 Å². The molecule has 0 aromatic heterocycles. The van der Waals surface area contributed by atoms with Crippen LogP contribution in [0.2, 0.25) is 0 Å². The molecule has 0 aliphatic heterocycles. The van der Waals surface area contributed by atoms with Crippen LogP contribution in [0.3, 0.4) is 0 Å². The van der Waals surface area contributed by atoms with Crippen molar-refractivity contribution < 1.29 is 0 Å². The van der Waals surface area contributed by atoms with Crippen molar-refractivity contribution in [3.8, 4) is 0 Å². The number of aryl methyl sites for hydroxylation is 1. The Labute approximate surface area is 86.8 Å². The molecule has 0 radical (unpaired) electrons. The monoisotopic (exact) mass is 189 g/mol. The topological polar surface area (TPSA) is 12.0 Å². The maximum Gasteiger partial charge on any atom is 0.0219 e. The van der Waals surface area contributed by atoms with Crippen LogP contribution in [0.4, 0.5) is 0 Å². The number of benzene rings is 1. The average Bonchev–Trinajstić information content (AvgIpc) is 2.25. The van der Waals surface area contributed by atoms with Crippen LogP contribution in [0.25, 0.3) is 0 Å². The van der Waals surface area contributed by atoms with Gasteiger partial charge in [0.15, 0.2) is 0 Å². The van der Waals surface area contributed by atoms with Gasteiger partial charge in [0.2, 0.25) is 0 Å². The van der Waals surface area contributed by atoms with Crippen LogP contribution in [0.1, 0.15) is 18.9 Å². The molecule has 0 amide bonds. The third-order valence-electron chi connectivity index (χ3n) is 2.30. The third kappa shape index (κ3) is 4.24. The van der Waals surface area contributed by atoms with Gasteiger partial charge in [0.1, 0.15) is 0 Å². The van der Waals surface area contributed by atoms with Crippen LogP contribution in [0.15, 0.2) is 43.0 Å². The van der Waals surface area contributed by atoms with Crippen LogP contribution >= 0.6 is 0 Å². The summed E-state index contributed by atoms with van der Waals surface area (Å²) in [5.74, 6) is 0. The molecule has 0 aliphatic rings. The Morgan fingerprint density at radius 1 is 1.36 bits per heavy atom. The van der Waals surface area contributed by atoms with Crippen molar-refractivity contribution >= 4 is 0 Å². The first-order valence-electron chi connectivity index (χ1n) is 5.23. The first-order chi connectivity index (χ1) is 6.83. The summed E-state index contributed by atoms with van der Waals surface area (Å²) < 4.78 is 0. The van der Waals surface area contributed by atoms with Crippen molar-refractivity contribution in [3.63, 3.8) is 0 Å². The second-order valence-corrected chi connectivity index (χ2v) is 3.57. The van der Waals surface area contributed by atoms with E-state index < -0.39 is 0 Å². The number of hydrogen-bond donors (Lipinski definition) is 1. The molecule has 1 aromatic carbocycles. The highest BCUT2D eigenvalue weighted by Crippen LogP contribution is 2.01. The summed E-state index contributed by atoms with van der Waals surface area (Å²) >= 11 is 0. The lowest BCUT2D eigenvalue weighted by atomic mass is 10.1. The van der Waals surface area contributed by atoms with Gasteiger partial charge in [0.25, 0.3) is 0 Å². The summed E-state index contributed by atoms with van der Waals surface area (Å²) in [5, 5.41) is 3.38. The van der Waals surface area contributed by atoms with Gasteiger partial charge in [-0.1, -0.05) is 36.4 Å². The molecule has 0 saturated carbocycles. The van der Waals surface area contributed by atoms with Gasteiger partial charge in [-0.3, -0.25) is 0 Å². The summed E-state index contributed by atoms with van der Waals surface area (Å²) in [7, 11) is 0. The predicted molar refractivity (Wildman–Crippen MR) is 62.4 cm³/mol. The first kappa shape index (κ1) is 11.0. The molecule has 1 rings (SSSR count). The van der Waals surface area contributed by atoms with E-state index in [1.807, 2.05) is 6.08 Å². The molecule has 1 unspecified atom stereocenters. The fourth-order valence-electron chi connectivity index (χ4n) is 1.35. The van der Waals surface area contributed by atoms with Crippen molar-refractivity contribution in [1.29, 1.82) is 0 Å². The largest absolute Gasteiger partial charge is 0.311 e. The normalized spacial score (nSPS) is 12.4. The van der Waals surface area contributed by atoms with Gasteiger partial charge in [-0.2, -0.15) is 0 Å². The van der Waals surface area contributed by atoms with Crippen LogP contribution in [-0.2, 0) is 6.42 Å². The van der Waals surface area contributed by atoms with Crippen molar-refractivity contribution in [2.45, 2.75) is 25.8 Å². The van der Waals surface area contributed by atoms with Crippen molar-refractivity contribution in [2.24, 2.45) is 0 Å². The van der Waals surface area contributed by atoms with Crippen molar-refractivity contribution in [1.82, 2.24) is 5.32 Å². The zero-order valence-corrected chi connectivity index (χ0v) is 8.87. The maximum atomic E-state index is 3.74. The van der Waals surface area contributed by atoms with Gasteiger partial charge in [0.05, 0.1) is 0 Å². The van der Waals surface area contributed by atoms with Gasteiger partial charge in [-0.25, -0.2) is 0 Å². The van der Waals surface area contributed by atoms with E-state index in [1.165, 1.54) is 12.0 Å². The van der Waals surface area contributed by atoms with Crippen LogP contribution in [-0.4, -0.2) is 12.6 Å². The molecule has 0 fully saturated rings. The fourth-order valence-corrected chi connectivity index (χ4v) is 1.35. The molecule has 0 aliphatic carbocycles. The number of hydrogen-bond acceptors (Lipinski definition) is 1. The molecule has 1 nitrogen and oxygen atoms in total. The van der Waals surface area contributed by atoms with Gasteiger partial charge in [-0.05, 0) is 31.9 Å². The average molecular weight is 189 g/mol. The Morgan fingerprint density at radius 2 is 2.07 bits per heavy atom. The smallest absolute Gasteiger partial charge is 0.0219 e. The summed E-state index contributed by atoms with van der Waals surface area (Å²) in [6, 6.07) is 11.0. The molecule has 14 heavy (non-hydrogen) atoms. The number of nitrogens with one attached hydrogen (secondary N) is 1. The van der Waals surface area contributed by atoms with Crippen LogP contribution < -0.4 is 5.32 Å². The zero-order chi connectivity index (χ0) is 10.2. The number of rotatable bonds is 6. The highest BCUT2D eigenvalue weighted by atomic mass is 14.9. The second-order valence-electron chi connectivity index (χ2n) is 3.57. The van der Waals surface area contributed by atoms with Crippen LogP contribution in [0, 0.1) is 0 Å². The standard InChI is InChI=1S/C13H19N/c1-3-12(2)14-11-7-10-13-8-5-4-6-9-13/h3-6,8-9,12,14H,1,7,10-11H2,2H3. The Balaban J connectivity index is 2.13. The molecule has 0 spiro atoms. The summed E-state index contributed by atoms with van der Waals surface area (Å²) in [6.07, 6.45) is 4.27. The molecule has 0 bridgehead atoms. The lowest BCUT2D eigenvalue weighted by molar-refractivity contribution is 0.607. The molecular formula is C13H19N. The maximum absolute atomic E-state index is 3.74. The highest BCUT2D eigenvalue weighted by Gasteiger charge is 1.94. The molecule has 1 aromatic rings. The van der Waals surface area contributed by atoms with Crippen molar-refractivity contribution in [2.75, 3.05) is 6.54 Å². The van der Waals surface area contributed by atoms with E-state index in [0.717, 1.165) is 13.0 Å².